The summed E-state index contributed by atoms with van der Waals surface area (Å²) in [6.45, 7) is 0.0728. The number of aromatic nitrogens is 3. The van der Waals surface area contributed by atoms with E-state index in [-0.39, 0.29) is 30.6 Å². The van der Waals surface area contributed by atoms with Crippen molar-refractivity contribution in [1.29, 1.82) is 0 Å². The van der Waals surface area contributed by atoms with Crippen molar-refractivity contribution in [2.45, 2.75) is 114 Å². The minimum Gasteiger partial charge on any atom is -0.247 e. The van der Waals surface area contributed by atoms with Gasteiger partial charge in [-0.1, -0.05) is 12.8 Å². The van der Waals surface area contributed by atoms with Gasteiger partial charge in [0.05, 0.1) is 18.1 Å². The Bertz CT molecular complexity index is 1220. The van der Waals surface area contributed by atoms with Gasteiger partial charge in [0.2, 0.25) is 18.2 Å². The number of hydrogen-bond acceptors (Lipinski definition) is 9. The zero-order valence-corrected chi connectivity index (χ0v) is 20.8. The summed E-state index contributed by atoms with van der Waals surface area (Å²) in [5.74, 6) is -0.185. The smallest absolute Gasteiger partial charge is 0.247 e. The molecule has 2 atom stereocenters. The molecule has 4 rings (SSSR count). The number of nitrogens with zero attached hydrogens (tertiary/aromatic N) is 6. The van der Waals surface area contributed by atoms with Crippen molar-refractivity contribution in [2.75, 3.05) is 0 Å². The Labute approximate surface area is 212 Å². The second-order valence-electron chi connectivity index (χ2n) is 10.4. The van der Waals surface area contributed by atoms with Crippen molar-refractivity contribution in [3.63, 3.8) is 0 Å². The summed E-state index contributed by atoms with van der Waals surface area (Å²) in [5, 5.41) is 0. The fourth-order valence-electron chi connectivity index (χ4n) is 6.32. The van der Waals surface area contributed by atoms with E-state index in [0.29, 0.717) is 64.2 Å². The molecule has 3 fully saturated rings. The number of isocyanates is 3. The summed E-state index contributed by atoms with van der Waals surface area (Å²) >= 11 is 0. The van der Waals surface area contributed by atoms with Crippen molar-refractivity contribution in [2.24, 2.45) is 20.9 Å². The summed E-state index contributed by atoms with van der Waals surface area (Å²) in [4.78, 5) is 84.9. The van der Waals surface area contributed by atoms with Crippen LogP contribution in [-0.2, 0) is 20.9 Å². The van der Waals surface area contributed by atoms with Crippen LogP contribution in [0.15, 0.2) is 29.4 Å². The fourth-order valence-corrected chi connectivity index (χ4v) is 6.32. The van der Waals surface area contributed by atoms with Gasteiger partial charge in [-0.2, -0.15) is 0 Å². The van der Waals surface area contributed by atoms with Crippen LogP contribution in [-0.4, -0.2) is 50.1 Å². The van der Waals surface area contributed by atoms with E-state index >= 15 is 0 Å². The van der Waals surface area contributed by atoms with E-state index in [9.17, 15) is 28.8 Å². The zero-order chi connectivity index (χ0) is 26.4. The third-order valence-corrected chi connectivity index (χ3v) is 8.32. The average Bonchev–Trinajstić information content (AvgIpc) is 2.90. The van der Waals surface area contributed by atoms with Crippen molar-refractivity contribution in [3.05, 3.63) is 31.5 Å². The summed E-state index contributed by atoms with van der Waals surface area (Å²) < 4.78 is 3.56. The van der Waals surface area contributed by atoms with E-state index in [1.54, 1.807) is 18.2 Å². The van der Waals surface area contributed by atoms with Gasteiger partial charge < -0.3 is 0 Å². The van der Waals surface area contributed by atoms with Gasteiger partial charge in [-0.25, -0.2) is 57.4 Å². The molecule has 0 radical (unpaired) electrons. The molecule has 3 saturated carbocycles. The quantitative estimate of drug-likeness (QED) is 0.400. The highest BCUT2D eigenvalue weighted by Crippen LogP contribution is 2.31. The highest BCUT2D eigenvalue weighted by Gasteiger charge is 2.33. The van der Waals surface area contributed by atoms with Gasteiger partial charge in [0.15, 0.2) is 0 Å². The molecule has 12 heteroatoms. The van der Waals surface area contributed by atoms with Crippen LogP contribution in [0.5, 0.6) is 0 Å². The SMILES string of the molecule is O=C=NC1CCC(n2c(=O)n(CC3CCCCC3N=C=O)c(=O)n(C3CCC(N=C=O)CC3)c2=O)CC1. The van der Waals surface area contributed by atoms with E-state index in [0.717, 1.165) is 17.4 Å². The minimum atomic E-state index is -0.646. The summed E-state index contributed by atoms with van der Waals surface area (Å²) in [6, 6.07) is -1.52. The molecule has 3 aliphatic carbocycles. The molecule has 0 aliphatic heterocycles. The van der Waals surface area contributed by atoms with Crippen LogP contribution in [0.1, 0.15) is 89.1 Å². The van der Waals surface area contributed by atoms with E-state index in [4.69, 9.17) is 0 Å². The van der Waals surface area contributed by atoms with Gasteiger partial charge >= 0.3 is 17.1 Å². The van der Waals surface area contributed by atoms with Crippen LogP contribution in [0.3, 0.4) is 0 Å². The van der Waals surface area contributed by atoms with Gasteiger partial charge in [0.25, 0.3) is 0 Å². The lowest BCUT2D eigenvalue weighted by Crippen LogP contribution is -2.57. The molecule has 3 aliphatic rings. The molecule has 0 saturated heterocycles. The van der Waals surface area contributed by atoms with Crippen molar-refractivity contribution in [3.8, 4) is 0 Å². The third-order valence-electron chi connectivity index (χ3n) is 8.32. The molecule has 0 amide bonds. The maximum Gasteiger partial charge on any atom is 0.336 e. The highest BCUT2D eigenvalue weighted by molar-refractivity contribution is 5.34. The highest BCUT2D eigenvalue weighted by atomic mass is 16.2. The van der Waals surface area contributed by atoms with E-state index < -0.39 is 29.2 Å². The standard InChI is InChI=1S/C25H32N6O6/c32-14-26-18-5-9-20(10-6-18)30-23(35)29(13-17-3-1-2-4-22(17)28-16-34)24(36)31(25(30)37)21-11-7-19(8-12-21)27-15-33/h17-22H,1-13H2. The Morgan fingerprint density at radius 2 is 1.05 bits per heavy atom. The average molecular weight is 513 g/mol. The van der Waals surface area contributed by atoms with Gasteiger partial charge in [0, 0.05) is 24.5 Å². The van der Waals surface area contributed by atoms with Crippen LogP contribution in [0, 0.1) is 5.92 Å². The first-order chi connectivity index (χ1) is 18.0. The molecule has 37 heavy (non-hydrogen) atoms. The Morgan fingerprint density at radius 3 is 1.51 bits per heavy atom. The first kappa shape index (κ1) is 26.6. The van der Waals surface area contributed by atoms with Crippen LogP contribution in [0.2, 0.25) is 0 Å². The van der Waals surface area contributed by atoms with Crippen LogP contribution < -0.4 is 17.1 Å². The molecule has 0 N–H and O–H groups in total. The number of rotatable bonds is 7. The van der Waals surface area contributed by atoms with Crippen molar-refractivity contribution >= 4 is 18.2 Å². The van der Waals surface area contributed by atoms with E-state index in [2.05, 4.69) is 15.0 Å². The van der Waals surface area contributed by atoms with Gasteiger partial charge in [0.1, 0.15) is 0 Å². The molecule has 0 aromatic carbocycles. The number of hydrogen-bond donors (Lipinski definition) is 0. The van der Waals surface area contributed by atoms with Crippen LogP contribution >= 0.6 is 0 Å². The van der Waals surface area contributed by atoms with E-state index in [1.807, 2.05) is 0 Å². The van der Waals surface area contributed by atoms with Crippen molar-refractivity contribution in [1.82, 2.24) is 13.7 Å². The summed E-state index contributed by atoms with van der Waals surface area (Å²) in [5.41, 5.74) is -1.92. The zero-order valence-electron chi connectivity index (χ0n) is 20.8. The van der Waals surface area contributed by atoms with Crippen LogP contribution in [0.4, 0.5) is 0 Å². The Morgan fingerprint density at radius 1 is 0.595 bits per heavy atom. The van der Waals surface area contributed by atoms with Crippen LogP contribution in [0.25, 0.3) is 0 Å². The molecule has 0 bridgehead atoms. The normalized spacial score (nSPS) is 29.8. The lowest BCUT2D eigenvalue weighted by Gasteiger charge is -2.32. The largest absolute Gasteiger partial charge is 0.336 e. The minimum absolute atomic E-state index is 0.0728. The first-order valence-electron chi connectivity index (χ1n) is 13.2. The van der Waals surface area contributed by atoms with E-state index in [1.165, 1.54) is 9.13 Å². The Hall–Kier alpha value is -3.45. The van der Waals surface area contributed by atoms with Crippen molar-refractivity contribution < 1.29 is 14.4 Å². The molecule has 1 heterocycles. The predicted octanol–water partition coefficient (Wildman–Crippen LogP) is 1.71. The monoisotopic (exact) mass is 512 g/mol. The molecule has 198 valence electrons. The predicted molar refractivity (Wildman–Crippen MR) is 132 cm³/mol. The summed E-state index contributed by atoms with van der Waals surface area (Å²) in [6.07, 6.45) is 12.1. The molecule has 1 aromatic rings. The lowest BCUT2D eigenvalue weighted by molar-refractivity contribution is 0.232. The molecule has 0 spiro atoms. The second kappa shape index (κ2) is 12.2. The lowest BCUT2D eigenvalue weighted by atomic mass is 9.85. The third kappa shape index (κ3) is 5.77. The number of aliphatic imine (C=N–C) groups is 3. The Kier molecular flexibility index (Phi) is 8.77. The topological polar surface area (TPSA) is 154 Å². The molecular weight excluding hydrogens is 480 g/mol. The maximum atomic E-state index is 13.7. The maximum absolute atomic E-state index is 13.7. The fraction of sp³-hybridized carbons (Fsp3) is 0.760. The summed E-state index contributed by atoms with van der Waals surface area (Å²) in [7, 11) is 0. The van der Waals surface area contributed by atoms with Gasteiger partial charge in [-0.05, 0) is 64.2 Å². The van der Waals surface area contributed by atoms with Gasteiger partial charge in [-0.3, -0.25) is 0 Å². The molecule has 12 nitrogen and oxygen atoms in total. The van der Waals surface area contributed by atoms with Gasteiger partial charge in [-0.15, -0.1) is 0 Å². The molecule has 1 aromatic heterocycles. The first-order valence-corrected chi connectivity index (χ1v) is 13.2. The number of carbonyl (C=O) groups excluding carboxylic acids is 3. The Balaban J connectivity index is 1.75. The molecular formula is C25H32N6O6. The molecule has 2 unspecified atom stereocenters. The second-order valence-corrected chi connectivity index (χ2v) is 10.4.